The van der Waals surface area contributed by atoms with E-state index in [4.69, 9.17) is 5.73 Å². The number of hydrogen-bond donors (Lipinski definition) is 2. The summed E-state index contributed by atoms with van der Waals surface area (Å²) >= 11 is 0. The Bertz CT molecular complexity index is 494. The zero-order valence-electron chi connectivity index (χ0n) is 9.36. The average Bonchev–Trinajstić information content (AvgIpc) is 2.31. The van der Waals surface area contributed by atoms with Gasteiger partial charge in [0.05, 0.1) is 0 Å². The van der Waals surface area contributed by atoms with E-state index in [0.717, 1.165) is 22.5 Å². The molecule has 1 aromatic carbocycles. The minimum absolute atomic E-state index is 0.592. The van der Waals surface area contributed by atoms with Crippen LogP contribution in [-0.2, 0) is 0 Å². The van der Waals surface area contributed by atoms with Gasteiger partial charge in [0.1, 0.15) is 0 Å². The zero-order chi connectivity index (χ0) is 11.5. The molecule has 0 radical (unpaired) electrons. The molecule has 0 fully saturated rings. The lowest BCUT2D eigenvalue weighted by molar-refractivity contribution is 1.16. The highest BCUT2D eigenvalue weighted by molar-refractivity contribution is 5.66. The highest BCUT2D eigenvalue weighted by Gasteiger charge is 2.04. The van der Waals surface area contributed by atoms with Gasteiger partial charge in [0.2, 0.25) is 5.95 Å². The minimum atomic E-state index is 0.592. The van der Waals surface area contributed by atoms with Crippen molar-refractivity contribution in [2.45, 2.75) is 13.8 Å². The first-order chi connectivity index (χ1) is 7.68. The summed E-state index contributed by atoms with van der Waals surface area (Å²) in [6.07, 6.45) is 3.41. The third-order valence-electron chi connectivity index (χ3n) is 2.64. The number of anilines is 3. The molecule has 4 nitrogen and oxygen atoms in total. The van der Waals surface area contributed by atoms with Crippen molar-refractivity contribution in [3.05, 3.63) is 41.7 Å². The van der Waals surface area contributed by atoms with E-state index in [1.54, 1.807) is 18.5 Å². The molecule has 1 heterocycles. The molecular weight excluding hydrogens is 200 g/mol. The number of nitrogens with one attached hydrogen (secondary N) is 1. The predicted octanol–water partition coefficient (Wildman–Crippen LogP) is 2.42. The van der Waals surface area contributed by atoms with Crippen LogP contribution in [0.5, 0.6) is 0 Å². The molecule has 2 rings (SSSR count). The average molecular weight is 214 g/mol. The third kappa shape index (κ3) is 1.95. The second kappa shape index (κ2) is 4.18. The number of benzene rings is 1. The van der Waals surface area contributed by atoms with Crippen molar-refractivity contribution in [2.24, 2.45) is 0 Å². The third-order valence-corrected chi connectivity index (χ3v) is 2.64. The fraction of sp³-hybridized carbons (Fsp3) is 0.167. The van der Waals surface area contributed by atoms with Crippen LogP contribution in [0.4, 0.5) is 17.3 Å². The van der Waals surface area contributed by atoms with Crippen LogP contribution in [0.25, 0.3) is 0 Å². The highest BCUT2D eigenvalue weighted by Crippen LogP contribution is 2.25. The maximum Gasteiger partial charge on any atom is 0.227 e. The summed E-state index contributed by atoms with van der Waals surface area (Å²) in [7, 11) is 0. The second-order valence-electron chi connectivity index (χ2n) is 3.65. The van der Waals surface area contributed by atoms with Crippen LogP contribution in [-0.4, -0.2) is 9.97 Å². The van der Waals surface area contributed by atoms with Crippen molar-refractivity contribution in [3.8, 4) is 0 Å². The van der Waals surface area contributed by atoms with Gasteiger partial charge in [-0.2, -0.15) is 0 Å². The molecule has 3 N–H and O–H groups in total. The molecule has 0 aliphatic carbocycles. The van der Waals surface area contributed by atoms with Gasteiger partial charge in [-0.25, -0.2) is 9.97 Å². The van der Waals surface area contributed by atoms with Crippen LogP contribution < -0.4 is 11.1 Å². The van der Waals surface area contributed by atoms with Gasteiger partial charge in [0.25, 0.3) is 0 Å². The molecule has 0 aliphatic rings. The predicted molar refractivity (Wildman–Crippen MR) is 65.6 cm³/mol. The van der Waals surface area contributed by atoms with Gasteiger partial charge in [-0.3, -0.25) is 0 Å². The number of nitrogen functional groups attached to an aromatic ring is 1. The molecule has 0 aliphatic heterocycles. The van der Waals surface area contributed by atoms with E-state index in [9.17, 15) is 0 Å². The fourth-order valence-corrected chi connectivity index (χ4v) is 1.46. The molecule has 0 saturated heterocycles. The lowest BCUT2D eigenvalue weighted by Crippen LogP contribution is -2.00. The van der Waals surface area contributed by atoms with Crippen LogP contribution in [0.15, 0.2) is 30.6 Å². The molecular formula is C12H14N4. The van der Waals surface area contributed by atoms with E-state index in [1.165, 1.54) is 0 Å². The molecule has 16 heavy (non-hydrogen) atoms. The van der Waals surface area contributed by atoms with Crippen LogP contribution >= 0.6 is 0 Å². The lowest BCUT2D eigenvalue weighted by Gasteiger charge is -2.11. The summed E-state index contributed by atoms with van der Waals surface area (Å²) in [6, 6.07) is 5.61. The second-order valence-corrected chi connectivity index (χ2v) is 3.65. The Morgan fingerprint density at radius 2 is 1.75 bits per heavy atom. The molecule has 82 valence electrons. The fourth-order valence-electron chi connectivity index (χ4n) is 1.46. The van der Waals surface area contributed by atoms with Crippen molar-refractivity contribution in [1.82, 2.24) is 9.97 Å². The highest BCUT2D eigenvalue weighted by atomic mass is 15.1. The molecule has 4 heteroatoms. The van der Waals surface area contributed by atoms with Crippen molar-refractivity contribution >= 4 is 17.3 Å². The first-order valence-corrected chi connectivity index (χ1v) is 5.08. The number of aromatic nitrogens is 2. The number of nitrogens with two attached hydrogens (primary N) is 1. The van der Waals surface area contributed by atoms with Crippen molar-refractivity contribution in [2.75, 3.05) is 11.1 Å². The van der Waals surface area contributed by atoms with Gasteiger partial charge in [-0.1, -0.05) is 0 Å². The van der Waals surface area contributed by atoms with E-state index >= 15 is 0 Å². The van der Waals surface area contributed by atoms with Crippen LogP contribution in [0.1, 0.15) is 11.1 Å². The maximum absolute atomic E-state index is 5.82. The molecule has 0 saturated carbocycles. The molecule has 0 amide bonds. The zero-order valence-corrected chi connectivity index (χ0v) is 9.36. The number of nitrogens with zero attached hydrogens (tertiary/aromatic N) is 2. The van der Waals surface area contributed by atoms with Gasteiger partial charge < -0.3 is 11.1 Å². The minimum Gasteiger partial charge on any atom is -0.399 e. The summed E-state index contributed by atoms with van der Waals surface area (Å²) in [4.78, 5) is 8.23. The Morgan fingerprint density at radius 1 is 1.06 bits per heavy atom. The summed E-state index contributed by atoms with van der Waals surface area (Å²) in [5, 5.41) is 3.16. The van der Waals surface area contributed by atoms with E-state index in [-0.39, 0.29) is 0 Å². The molecule has 0 unspecified atom stereocenters. The largest absolute Gasteiger partial charge is 0.399 e. The van der Waals surface area contributed by atoms with Crippen molar-refractivity contribution in [3.63, 3.8) is 0 Å². The first kappa shape index (κ1) is 10.4. The Morgan fingerprint density at radius 3 is 2.44 bits per heavy atom. The maximum atomic E-state index is 5.82. The van der Waals surface area contributed by atoms with Gasteiger partial charge in [0, 0.05) is 23.8 Å². The van der Waals surface area contributed by atoms with Crippen molar-refractivity contribution < 1.29 is 0 Å². The quantitative estimate of drug-likeness (QED) is 0.753. The van der Waals surface area contributed by atoms with Gasteiger partial charge in [-0.15, -0.1) is 0 Å². The van der Waals surface area contributed by atoms with Gasteiger partial charge >= 0.3 is 0 Å². The Kier molecular flexibility index (Phi) is 2.72. The molecule has 0 atom stereocenters. The lowest BCUT2D eigenvalue weighted by atomic mass is 10.1. The van der Waals surface area contributed by atoms with Crippen LogP contribution in [0.3, 0.4) is 0 Å². The standard InChI is InChI=1S/C12H14N4/c1-8-9(2)11(5-4-10(8)13)16-12-14-6-3-7-15-12/h3-7H,13H2,1-2H3,(H,14,15,16). The van der Waals surface area contributed by atoms with E-state index in [0.29, 0.717) is 5.95 Å². The SMILES string of the molecule is Cc1c(N)ccc(Nc2ncccn2)c1C. The number of rotatable bonds is 2. The normalized spacial score (nSPS) is 10.1. The molecule has 0 bridgehead atoms. The summed E-state index contributed by atoms with van der Waals surface area (Å²) in [6.45, 7) is 4.03. The summed E-state index contributed by atoms with van der Waals surface area (Å²) in [5.41, 5.74) is 9.81. The first-order valence-electron chi connectivity index (χ1n) is 5.08. The molecule has 2 aromatic rings. The number of hydrogen-bond acceptors (Lipinski definition) is 4. The Balaban J connectivity index is 2.33. The Hall–Kier alpha value is -2.10. The van der Waals surface area contributed by atoms with Crippen LogP contribution in [0, 0.1) is 13.8 Å². The molecule has 1 aromatic heterocycles. The smallest absolute Gasteiger partial charge is 0.227 e. The van der Waals surface area contributed by atoms with E-state index in [2.05, 4.69) is 15.3 Å². The molecule has 0 spiro atoms. The monoisotopic (exact) mass is 214 g/mol. The van der Waals surface area contributed by atoms with E-state index < -0.39 is 0 Å². The van der Waals surface area contributed by atoms with Gasteiger partial charge in [0.15, 0.2) is 0 Å². The topological polar surface area (TPSA) is 63.8 Å². The van der Waals surface area contributed by atoms with Gasteiger partial charge in [-0.05, 0) is 43.2 Å². The summed E-state index contributed by atoms with van der Waals surface area (Å²) in [5.74, 6) is 0.592. The van der Waals surface area contributed by atoms with Crippen molar-refractivity contribution in [1.29, 1.82) is 0 Å². The summed E-state index contributed by atoms with van der Waals surface area (Å²) < 4.78 is 0. The van der Waals surface area contributed by atoms with E-state index in [1.807, 2.05) is 26.0 Å². The van der Waals surface area contributed by atoms with Crippen LogP contribution in [0.2, 0.25) is 0 Å². The Labute approximate surface area is 94.5 Å².